The van der Waals surface area contributed by atoms with E-state index < -0.39 is 17.4 Å². The van der Waals surface area contributed by atoms with Crippen LogP contribution in [0.15, 0.2) is 0 Å². The number of hydrogen-bond donors (Lipinski definition) is 0. The molecule has 0 radical (unpaired) electrons. The van der Waals surface area contributed by atoms with E-state index in [1.807, 2.05) is 41.5 Å². The molecule has 0 aromatic rings. The molecule has 0 aliphatic carbocycles. The number of hydrogen-bond acceptors (Lipinski definition) is 4. The molecule has 0 amide bonds. The smallest absolute Gasteiger partial charge is 0.323 e. The van der Waals surface area contributed by atoms with Gasteiger partial charge in [0.1, 0.15) is 0 Å². The van der Waals surface area contributed by atoms with Gasteiger partial charge in [0.2, 0.25) is 0 Å². The molecule has 0 spiro atoms. The fourth-order valence-corrected chi connectivity index (χ4v) is 1.67. The van der Waals surface area contributed by atoms with Gasteiger partial charge in [0.05, 0.1) is 13.2 Å². The Kier molecular flexibility index (Phi) is 7.72. The van der Waals surface area contributed by atoms with E-state index in [1.54, 1.807) is 0 Å². The summed E-state index contributed by atoms with van der Waals surface area (Å²) in [5.74, 6) is -0.413. The number of ether oxygens (including phenoxy) is 2. The van der Waals surface area contributed by atoms with Gasteiger partial charge in [-0.2, -0.15) is 0 Å². The summed E-state index contributed by atoms with van der Waals surface area (Å²) in [4.78, 5) is 24.4. The molecule has 0 aliphatic heterocycles. The lowest BCUT2D eigenvalue weighted by atomic mass is 9.82. The maximum atomic E-state index is 12.2. The first-order valence-corrected chi connectivity index (χ1v) is 7.14. The second-order valence-electron chi connectivity index (χ2n) is 5.77. The Bertz CT molecular complexity index is 265. The van der Waals surface area contributed by atoms with Gasteiger partial charge < -0.3 is 9.47 Å². The summed E-state index contributed by atoms with van der Waals surface area (Å²) >= 11 is 0. The van der Waals surface area contributed by atoms with Gasteiger partial charge in [-0.25, -0.2) is 0 Å². The monoisotopic (exact) mass is 272 g/mol. The van der Waals surface area contributed by atoms with Crippen LogP contribution in [0.5, 0.6) is 0 Å². The molecule has 19 heavy (non-hydrogen) atoms. The van der Waals surface area contributed by atoms with Gasteiger partial charge in [0, 0.05) is 0 Å². The van der Waals surface area contributed by atoms with Crippen molar-refractivity contribution in [1.82, 2.24) is 0 Å². The fourth-order valence-electron chi connectivity index (χ4n) is 1.67. The van der Waals surface area contributed by atoms with Gasteiger partial charge in [0.25, 0.3) is 0 Å². The molecule has 0 bridgehead atoms. The first-order valence-electron chi connectivity index (χ1n) is 7.14. The predicted octanol–water partition coefficient (Wildman–Crippen LogP) is 3.19. The van der Waals surface area contributed by atoms with Crippen LogP contribution in [0.2, 0.25) is 0 Å². The van der Waals surface area contributed by atoms with Crippen LogP contribution >= 0.6 is 0 Å². The third kappa shape index (κ3) is 5.21. The minimum absolute atomic E-state index is 0.252. The lowest BCUT2D eigenvalue weighted by Crippen LogP contribution is -2.42. The Labute approximate surface area is 116 Å². The highest BCUT2D eigenvalue weighted by molar-refractivity contribution is 5.99. The molecule has 4 heteroatoms. The average molecular weight is 272 g/mol. The Hall–Kier alpha value is -1.06. The Balaban J connectivity index is 4.81. The average Bonchev–Trinajstić information content (AvgIpc) is 2.35. The summed E-state index contributed by atoms with van der Waals surface area (Å²) in [6.07, 6.45) is 0.800. The summed E-state index contributed by atoms with van der Waals surface area (Å²) in [6, 6.07) is 0. The normalized spacial score (nSPS) is 11.8. The first kappa shape index (κ1) is 17.9. The number of esters is 2. The molecule has 4 nitrogen and oxygen atoms in total. The van der Waals surface area contributed by atoms with Gasteiger partial charge in [-0.05, 0) is 24.7 Å². The SMILES string of the molecule is CCC(CC)(C(=O)OCC(C)C)C(=O)OCC(C)C. The number of rotatable bonds is 8. The Morgan fingerprint density at radius 1 is 0.842 bits per heavy atom. The zero-order valence-corrected chi connectivity index (χ0v) is 13.1. The molecule has 0 unspecified atom stereocenters. The molecule has 0 aromatic heterocycles. The highest BCUT2D eigenvalue weighted by atomic mass is 16.6. The third-order valence-electron chi connectivity index (χ3n) is 3.08. The van der Waals surface area contributed by atoms with E-state index in [4.69, 9.17) is 9.47 Å². The number of carbonyl (C=O) groups excluding carboxylic acids is 2. The van der Waals surface area contributed by atoms with Gasteiger partial charge in [0.15, 0.2) is 5.41 Å². The fraction of sp³-hybridized carbons (Fsp3) is 0.867. The van der Waals surface area contributed by atoms with Crippen LogP contribution in [0.25, 0.3) is 0 Å². The van der Waals surface area contributed by atoms with E-state index in [9.17, 15) is 9.59 Å². The van der Waals surface area contributed by atoms with E-state index >= 15 is 0 Å². The van der Waals surface area contributed by atoms with Gasteiger partial charge in [-0.1, -0.05) is 41.5 Å². The molecule has 0 saturated carbocycles. The van der Waals surface area contributed by atoms with E-state index in [1.165, 1.54) is 0 Å². The van der Waals surface area contributed by atoms with Crippen molar-refractivity contribution in [2.75, 3.05) is 13.2 Å². The van der Waals surface area contributed by atoms with E-state index in [0.717, 1.165) is 0 Å². The molecular formula is C15H28O4. The molecule has 0 N–H and O–H groups in total. The quantitative estimate of drug-likeness (QED) is 0.503. The molecule has 0 saturated heterocycles. The number of carbonyl (C=O) groups is 2. The summed E-state index contributed by atoms with van der Waals surface area (Å²) in [5.41, 5.74) is -1.15. The molecule has 0 aromatic carbocycles. The first-order chi connectivity index (χ1) is 8.80. The van der Waals surface area contributed by atoms with Crippen LogP contribution in [0.1, 0.15) is 54.4 Å². The van der Waals surface area contributed by atoms with Crippen molar-refractivity contribution in [2.24, 2.45) is 17.3 Å². The van der Waals surface area contributed by atoms with E-state index in [0.29, 0.717) is 26.1 Å². The van der Waals surface area contributed by atoms with Crippen molar-refractivity contribution in [1.29, 1.82) is 0 Å². The van der Waals surface area contributed by atoms with E-state index in [-0.39, 0.29) is 11.8 Å². The van der Waals surface area contributed by atoms with Crippen molar-refractivity contribution in [3.63, 3.8) is 0 Å². The molecule has 112 valence electrons. The molecule has 0 heterocycles. The zero-order chi connectivity index (χ0) is 15.1. The Morgan fingerprint density at radius 2 is 1.16 bits per heavy atom. The van der Waals surface area contributed by atoms with Crippen molar-refractivity contribution in [3.05, 3.63) is 0 Å². The summed E-state index contributed by atoms with van der Waals surface area (Å²) in [5, 5.41) is 0. The maximum absolute atomic E-state index is 12.2. The molecule has 0 atom stereocenters. The standard InChI is InChI=1S/C15H28O4/c1-7-15(8-2,13(16)18-9-11(3)4)14(17)19-10-12(5)6/h11-12H,7-10H2,1-6H3. The van der Waals surface area contributed by atoms with E-state index in [2.05, 4.69) is 0 Å². The predicted molar refractivity (Wildman–Crippen MR) is 74.6 cm³/mol. The molecular weight excluding hydrogens is 244 g/mol. The minimum atomic E-state index is -1.15. The van der Waals surface area contributed by atoms with Crippen LogP contribution in [0, 0.1) is 17.3 Å². The molecule has 0 aliphatic rings. The van der Waals surface area contributed by atoms with Crippen molar-refractivity contribution >= 4 is 11.9 Å². The zero-order valence-electron chi connectivity index (χ0n) is 13.1. The van der Waals surface area contributed by atoms with Crippen LogP contribution in [-0.4, -0.2) is 25.2 Å². The van der Waals surface area contributed by atoms with Crippen molar-refractivity contribution in [2.45, 2.75) is 54.4 Å². The van der Waals surface area contributed by atoms with Gasteiger partial charge in [-0.3, -0.25) is 9.59 Å². The van der Waals surface area contributed by atoms with Crippen LogP contribution in [0.3, 0.4) is 0 Å². The van der Waals surface area contributed by atoms with Crippen LogP contribution in [-0.2, 0) is 19.1 Å². The summed E-state index contributed by atoms with van der Waals surface area (Å²) < 4.78 is 10.5. The Morgan fingerprint density at radius 3 is 1.37 bits per heavy atom. The second-order valence-corrected chi connectivity index (χ2v) is 5.77. The van der Waals surface area contributed by atoms with Crippen LogP contribution in [0.4, 0.5) is 0 Å². The highest BCUT2D eigenvalue weighted by Crippen LogP contribution is 2.30. The molecule has 0 rings (SSSR count). The highest BCUT2D eigenvalue weighted by Gasteiger charge is 2.46. The largest absolute Gasteiger partial charge is 0.465 e. The molecule has 0 fully saturated rings. The maximum Gasteiger partial charge on any atom is 0.323 e. The van der Waals surface area contributed by atoms with Crippen LogP contribution < -0.4 is 0 Å². The summed E-state index contributed by atoms with van der Waals surface area (Å²) in [7, 11) is 0. The van der Waals surface area contributed by atoms with Gasteiger partial charge in [-0.15, -0.1) is 0 Å². The topological polar surface area (TPSA) is 52.6 Å². The lowest BCUT2D eigenvalue weighted by Gasteiger charge is -2.27. The van der Waals surface area contributed by atoms with Crippen molar-refractivity contribution in [3.8, 4) is 0 Å². The second kappa shape index (κ2) is 8.18. The van der Waals surface area contributed by atoms with Gasteiger partial charge >= 0.3 is 11.9 Å². The lowest BCUT2D eigenvalue weighted by molar-refractivity contribution is -0.174. The summed E-state index contributed by atoms with van der Waals surface area (Å²) in [6.45, 7) is 12.1. The third-order valence-corrected chi connectivity index (χ3v) is 3.08. The minimum Gasteiger partial charge on any atom is -0.465 e. The van der Waals surface area contributed by atoms with Crippen molar-refractivity contribution < 1.29 is 19.1 Å².